The predicted octanol–water partition coefficient (Wildman–Crippen LogP) is 6.87. The van der Waals surface area contributed by atoms with Crippen molar-refractivity contribution in [1.82, 2.24) is 20.5 Å². The predicted molar refractivity (Wildman–Crippen MR) is 153 cm³/mol. The van der Waals surface area contributed by atoms with Gasteiger partial charge in [-0.05, 0) is 55.2 Å². The normalized spacial score (nSPS) is 16.3. The number of alkyl halides is 5. The second-order valence-electron chi connectivity index (χ2n) is 11.1. The largest absolute Gasteiger partial charge is 0.494 e. The first-order valence-corrected chi connectivity index (χ1v) is 14.2. The van der Waals surface area contributed by atoms with Crippen LogP contribution in [0.15, 0.2) is 48.5 Å². The Morgan fingerprint density at radius 3 is 2.48 bits per heavy atom. The van der Waals surface area contributed by atoms with E-state index in [0.717, 1.165) is 25.0 Å². The highest BCUT2D eigenvalue weighted by Crippen LogP contribution is 2.49. The van der Waals surface area contributed by atoms with Gasteiger partial charge in [-0.1, -0.05) is 23.7 Å². The molecule has 2 aromatic heterocycles. The van der Waals surface area contributed by atoms with Gasteiger partial charge in [-0.25, -0.2) is 13.8 Å². The molecule has 0 spiro atoms. The van der Waals surface area contributed by atoms with E-state index >= 15 is 0 Å². The second-order valence-corrected chi connectivity index (χ2v) is 11.5. The maximum atomic E-state index is 14.3. The lowest BCUT2D eigenvalue weighted by atomic mass is 9.83. The molecule has 1 amide bonds. The molecule has 2 aromatic carbocycles. The van der Waals surface area contributed by atoms with E-state index in [-0.39, 0.29) is 47.1 Å². The number of hydrogen-bond donors (Lipinski definition) is 1. The second kappa shape index (κ2) is 11.5. The molecule has 2 aliphatic rings. The topological polar surface area (TPSA) is 86.2 Å². The number of rotatable bonds is 9. The van der Waals surface area contributed by atoms with Crippen molar-refractivity contribution in [3.8, 4) is 22.8 Å². The van der Waals surface area contributed by atoms with Gasteiger partial charge in [0.15, 0.2) is 5.15 Å². The summed E-state index contributed by atoms with van der Waals surface area (Å²) in [5.74, 6) is -0.122. The van der Waals surface area contributed by atoms with E-state index < -0.39 is 36.4 Å². The van der Waals surface area contributed by atoms with Crippen molar-refractivity contribution in [1.29, 1.82) is 0 Å². The average Bonchev–Trinajstić information content (AvgIpc) is 3.79. The van der Waals surface area contributed by atoms with E-state index in [2.05, 4.69) is 15.5 Å². The zero-order valence-corrected chi connectivity index (χ0v) is 24.1. The molecule has 13 heteroatoms. The number of aromatic nitrogens is 3. The highest BCUT2D eigenvalue weighted by atomic mass is 35.5. The van der Waals surface area contributed by atoms with E-state index in [0.29, 0.717) is 33.5 Å². The van der Waals surface area contributed by atoms with Crippen molar-refractivity contribution < 1.29 is 36.2 Å². The van der Waals surface area contributed by atoms with Crippen molar-refractivity contribution >= 4 is 28.4 Å². The highest BCUT2D eigenvalue weighted by Gasteiger charge is 2.45. The van der Waals surface area contributed by atoms with Crippen LogP contribution in [-0.2, 0) is 11.6 Å². The van der Waals surface area contributed by atoms with Gasteiger partial charge >= 0.3 is 6.18 Å². The summed E-state index contributed by atoms with van der Waals surface area (Å²) in [6.45, 7) is -2.18. The van der Waals surface area contributed by atoms with Crippen LogP contribution in [0.5, 0.6) is 11.5 Å². The summed E-state index contributed by atoms with van der Waals surface area (Å²) in [6.07, 6.45) is -2.83. The fourth-order valence-electron chi connectivity index (χ4n) is 5.54. The van der Waals surface area contributed by atoms with Crippen LogP contribution in [0.4, 0.5) is 22.0 Å². The van der Waals surface area contributed by atoms with Crippen molar-refractivity contribution in [3.05, 3.63) is 76.1 Å². The zero-order chi connectivity index (χ0) is 31.2. The van der Waals surface area contributed by atoms with Crippen LogP contribution in [-0.4, -0.2) is 54.7 Å². The summed E-state index contributed by atoms with van der Waals surface area (Å²) < 4.78 is 79.5. The van der Waals surface area contributed by atoms with Gasteiger partial charge in [0, 0.05) is 40.2 Å². The third kappa shape index (κ3) is 5.51. The van der Waals surface area contributed by atoms with Crippen molar-refractivity contribution in [2.75, 3.05) is 33.6 Å². The highest BCUT2D eigenvalue weighted by molar-refractivity contribution is 6.30. The number of nitrogens with one attached hydrogen (secondary N) is 1. The molecule has 0 bridgehead atoms. The molecule has 1 aliphatic carbocycles. The first-order chi connectivity index (χ1) is 21.1. The molecule has 1 N–H and O–H groups in total. The minimum absolute atomic E-state index is 0.133. The third-order valence-electron chi connectivity index (χ3n) is 8.21. The maximum absolute atomic E-state index is 14.3. The maximum Gasteiger partial charge on any atom is 0.416 e. The standard InChI is InChI=1S/C31H26ClF5N4O3/c1-43-24-9-19(8-18-10-25(32)40-41-26(18)24)29(42)38-12-21(16-2-3-16)23-11-22-28(44-15-30(22,13-33)14-34)27(39-23)17-4-6-20(7-5-17)31(35,36)37/h4-11,16,21H,2-3,12-15H2,1H3,(H,38,42). The molecule has 3 heterocycles. The number of methoxy groups -OCH3 is 1. The van der Waals surface area contributed by atoms with Gasteiger partial charge in [0.25, 0.3) is 5.91 Å². The molecule has 6 rings (SSSR count). The molecule has 0 radical (unpaired) electrons. The van der Waals surface area contributed by atoms with Crippen LogP contribution in [0.1, 0.15) is 45.9 Å². The van der Waals surface area contributed by atoms with Crippen molar-refractivity contribution in [2.45, 2.75) is 30.4 Å². The van der Waals surface area contributed by atoms with E-state index in [9.17, 15) is 26.7 Å². The summed E-state index contributed by atoms with van der Waals surface area (Å²) in [5.41, 5.74) is -0.409. The van der Waals surface area contributed by atoms with Crippen molar-refractivity contribution in [2.24, 2.45) is 5.92 Å². The van der Waals surface area contributed by atoms with Gasteiger partial charge in [-0.15, -0.1) is 10.2 Å². The number of amides is 1. The summed E-state index contributed by atoms with van der Waals surface area (Å²) in [4.78, 5) is 18.1. The van der Waals surface area contributed by atoms with Crippen LogP contribution in [0.25, 0.3) is 22.2 Å². The molecule has 230 valence electrons. The fraction of sp³-hybridized carbons (Fsp3) is 0.355. The molecule has 1 aliphatic heterocycles. The van der Waals surface area contributed by atoms with Gasteiger partial charge in [0.2, 0.25) is 0 Å². The monoisotopic (exact) mass is 632 g/mol. The van der Waals surface area contributed by atoms with Gasteiger partial charge in [-0.2, -0.15) is 13.2 Å². The van der Waals surface area contributed by atoms with Crippen LogP contribution in [0, 0.1) is 5.92 Å². The van der Waals surface area contributed by atoms with E-state index in [1.54, 1.807) is 18.2 Å². The van der Waals surface area contributed by atoms with Crippen LogP contribution in [0.2, 0.25) is 5.15 Å². The summed E-state index contributed by atoms with van der Waals surface area (Å²) in [6, 6.07) is 10.7. The number of hydrogen-bond acceptors (Lipinski definition) is 6. The Kier molecular flexibility index (Phi) is 7.81. The Hall–Kier alpha value is -4.06. The molecule has 1 atom stereocenters. The lowest BCUT2D eigenvalue weighted by Gasteiger charge is -2.23. The fourth-order valence-corrected chi connectivity index (χ4v) is 5.70. The minimum atomic E-state index is -4.53. The smallest absolute Gasteiger partial charge is 0.416 e. The number of fused-ring (bicyclic) bond motifs is 2. The van der Waals surface area contributed by atoms with Crippen molar-refractivity contribution in [3.63, 3.8) is 0 Å². The Balaban J connectivity index is 1.35. The number of carbonyl (C=O) groups is 1. The summed E-state index contributed by atoms with van der Waals surface area (Å²) in [5, 5.41) is 11.5. The Bertz CT molecular complexity index is 1730. The van der Waals surface area contributed by atoms with Gasteiger partial charge in [0.1, 0.15) is 42.7 Å². The molecule has 0 saturated heterocycles. The van der Waals surface area contributed by atoms with Gasteiger partial charge < -0.3 is 14.8 Å². The number of ether oxygens (including phenoxy) is 2. The molecular formula is C31H26ClF5N4O3. The lowest BCUT2D eigenvalue weighted by Crippen LogP contribution is -2.33. The number of benzene rings is 2. The Labute approximate surface area is 253 Å². The first kappa shape index (κ1) is 30.0. The number of carbonyl (C=O) groups excluding carboxylic acids is 1. The Morgan fingerprint density at radius 1 is 1.11 bits per heavy atom. The van der Waals surface area contributed by atoms with E-state index in [1.807, 2.05) is 0 Å². The third-order valence-corrected chi connectivity index (χ3v) is 8.40. The van der Waals surface area contributed by atoms with E-state index in [4.69, 9.17) is 26.1 Å². The quantitative estimate of drug-likeness (QED) is 0.203. The van der Waals surface area contributed by atoms with Crippen LogP contribution < -0.4 is 14.8 Å². The minimum Gasteiger partial charge on any atom is -0.494 e. The number of nitrogens with zero attached hydrogens (tertiary/aromatic N) is 3. The lowest BCUT2D eigenvalue weighted by molar-refractivity contribution is -0.137. The van der Waals surface area contributed by atoms with Gasteiger partial charge in [0.05, 0.1) is 18.1 Å². The molecule has 1 unspecified atom stereocenters. The van der Waals surface area contributed by atoms with Crippen LogP contribution >= 0.6 is 11.6 Å². The molecule has 1 fully saturated rings. The number of halogens is 6. The first-order valence-electron chi connectivity index (χ1n) is 13.8. The SMILES string of the molecule is COc1cc(C(=O)NCC(c2cc3c(c(-c4ccc(C(F)(F)F)cc4)n2)OCC3(CF)CF)C2CC2)cc2cc(Cl)nnc12. The van der Waals surface area contributed by atoms with E-state index in [1.165, 1.54) is 25.3 Å². The summed E-state index contributed by atoms with van der Waals surface area (Å²) >= 11 is 6.00. The zero-order valence-electron chi connectivity index (χ0n) is 23.4. The molecule has 44 heavy (non-hydrogen) atoms. The average molecular weight is 633 g/mol. The number of pyridine rings is 1. The molecule has 4 aromatic rings. The molecular weight excluding hydrogens is 607 g/mol. The van der Waals surface area contributed by atoms with Gasteiger partial charge in [-0.3, -0.25) is 4.79 Å². The molecule has 1 saturated carbocycles. The Morgan fingerprint density at radius 2 is 1.84 bits per heavy atom. The molecule has 7 nitrogen and oxygen atoms in total. The van der Waals surface area contributed by atoms with Crippen LogP contribution in [0.3, 0.4) is 0 Å². The summed E-state index contributed by atoms with van der Waals surface area (Å²) in [7, 11) is 1.45.